The van der Waals surface area contributed by atoms with Gasteiger partial charge in [-0.3, -0.25) is 0 Å². The summed E-state index contributed by atoms with van der Waals surface area (Å²) >= 11 is 0. The van der Waals surface area contributed by atoms with Gasteiger partial charge in [0.05, 0.1) is 0 Å². The Morgan fingerprint density at radius 1 is 0.211 bits per heavy atom. The van der Waals surface area contributed by atoms with E-state index in [1.165, 1.54) is 77.2 Å². The van der Waals surface area contributed by atoms with Gasteiger partial charge in [0.25, 0.3) is 0 Å². The maximum absolute atomic E-state index is 2.38. The van der Waals surface area contributed by atoms with E-state index in [1.807, 2.05) is 0 Å². The van der Waals surface area contributed by atoms with Crippen LogP contribution in [0.5, 0.6) is 0 Å². The SMILES string of the molecule is c1ccc(-c2ccccc2-c2ccccc2-c2ccccc2-c2ccc(N(c3cccc(-c4cccc5ccccc45)c3)c3ccc4ccccc4c3)cc2)cc1. The fourth-order valence-corrected chi connectivity index (χ4v) is 8.35. The van der Waals surface area contributed by atoms with Gasteiger partial charge in [-0.05, 0) is 114 Å². The molecule has 0 heterocycles. The number of fused-ring (bicyclic) bond motifs is 2. The van der Waals surface area contributed by atoms with Gasteiger partial charge in [0, 0.05) is 17.1 Å². The average Bonchev–Trinajstić information content (AvgIpc) is 3.29. The van der Waals surface area contributed by atoms with Crippen molar-refractivity contribution in [3.05, 3.63) is 237 Å². The molecule has 0 unspecified atom stereocenters. The molecule has 0 spiro atoms. The van der Waals surface area contributed by atoms with E-state index < -0.39 is 0 Å². The van der Waals surface area contributed by atoms with Crippen LogP contribution in [-0.2, 0) is 0 Å². The van der Waals surface area contributed by atoms with Crippen LogP contribution >= 0.6 is 0 Å². The highest BCUT2D eigenvalue weighted by Crippen LogP contribution is 2.43. The highest BCUT2D eigenvalue weighted by atomic mass is 15.1. The van der Waals surface area contributed by atoms with Crippen LogP contribution < -0.4 is 4.90 Å². The van der Waals surface area contributed by atoms with Crippen molar-refractivity contribution >= 4 is 38.6 Å². The minimum atomic E-state index is 1.10. The largest absolute Gasteiger partial charge is 0.310 e. The first kappa shape index (κ1) is 34.0. The van der Waals surface area contributed by atoms with E-state index in [2.05, 4.69) is 241 Å². The standard InChI is InChI=1S/C56H39N/c1-2-17-41(18-3-1)50-25-8-10-27-53(50)55-29-12-13-30-56(55)54-28-11-9-26-51(54)43-33-35-46(36-34-43)57(48-37-32-40-16-4-5-20-44(40)38-48)47-23-14-22-45(39-47)52-31-15-21-42-19-6-7-24-49(42)52/h1-39H. The molecular formula is C56H39N. The molecule has 0 aromatic heterocycles. The summed E-state index contributed by atoms with van der Waals surface area (Å²) in [6.07, 6.45) is 0. The fourth-order valence-electron chi connectivity index (χ4n) is 8.35. The smallest absolute Gasteiger partial charge is 0.0468 e. The molecule has 10 aromatic rings. The van der Waals surface area contributed by atoms with Gasteiger partial charge in [0.15, 0.2) is 0 Å². The van der Waals surface area contributed by atoms with Crippen LogP contribution in [0, 0.1) is 0 Å². The minimum Gasteiger partial charge on any atom is -0.310 e. The van der Waals surface area contributed by atoms with Crippen molar-refractivity contribution in [1.82, 2.24) is 0 Å². The maximum atomic E-state index is 2.38. The first-order chi connectivity index (χ1) is 28.3. The Balaban J connectivity index is 1.08. The van der Waals surface area contributed by atoms with Crippen molar-refractivity contribution in [3.63, 3.8) is 0 Å². The maximum Gasteiger partial charge on any atom is 0.0468 e. The van der Waals surface area contributed by atoms with Gasteiger partial charge < -0.3 is 4.90 Å². The van der Waals surface area contributed by atoms with E-state index in [0.29, 0.717) is 0 Å². The molecular weight excluding hydrogens is 687 g/mol. The number of anilines is 3. The van der Waals surface area contributed by atoms with Crippen LogP contribution in [0.2, 0.25) is 0 Å². The summed E-state index contributed by atoms with van der Waals surface area (Å²) in [5.41, 5.74) is 15.4. The van der Waals surface area contributed by atoms with Gasteiger partial charge in [-0.2, -0.15) is 0 Å². The van der Waals surface area contributed by atoms with E-state index in [9.17, 15) is 0 Å². The number of benzene rings is 10. The lowest BCUT2D eigenvalue weighted by atomic mass is 9.87. The molecule has 0 aliphatic rings. The molecule has 0 aliphatic carbocycles. The molecule has 0 amide bonds. The summed E-state index contributed by atoms with van der Waals surface area (Å²) in [6, 6.07) is 85.6. The van der Waals surface area contributed by atoms with Gasteiger partial charge in [0.1, 0.15) is 0 Å². The number of nitrogens with zero attached hydrogens (tertiary/aromatic N) is 1. The van der Waals surface area contributed by atoms with E-state index in [1.54, 1.807) is 0 Å². The normalized spacial score (nSPS) is 11.2. The van der Waals surface area contributed by atoms with Crippen LogP contribution in [0.25, 0.3) is 77.2 Å². The molecule has 10 rings (SSSR count). The van der Waals surface area contributed by atoms with E-state index in [-0.39, 0.29) is 0 Å². The average molecular weight is 726 g/mol. The second-order valence-electron chi connectivity index (χ2n) is 14.5. The third-order valence-corrected chi connectivity index (χ3v) is 11.1. The fraction of sp³-hybridized carbons (Fsp3) is 0. The van der Waals surface area contributed by atoms with Crippen molar-refractivity contribution in [3.8, 4) is 55.6 Å². The molecule has 268 valence electrons. The predicted octanol–water partition coefficient (Wildman–Crippen LogP) is 15.8. The van der Waals surface area contributed by atoms with Crippen molar-refractivity contribution in [2.24, 2.45) is 0 Å². The van der Waals surface area contributed by atoms with Gasteiger partial charge >= 0.3 is 0 Å². The Labute approximate surface area is 334 Å². The second kappa shape index (κ2) is 15.0. The van der Waals surface area contributed by atoms with Crippen LogP contribution in [-0.4, -0.2) is 0 Å². The highest BCUT2D eigenvalue weighted by molar-refractivity contribution is 5.99. The van der Waals surface area contributed by atoms with E-state index in [0.717, 1.165) is 17.1 Å². The van der Waals surface area contributed by atoms with Gasteiger partial charge in [-0.1, -0.05) is 200 Å². The zero-order valence-electron chi connectivity index (χ0n) is 31.5. The zero-order chi connectivity index (χ0) is 38.0. The Morgan fingerprint density at radius 2 is 0.649 bits per heavy atom. The van der Waals surface area contributed by atoms with Crippen molar-refractivity contribution < 1.29 is 0 Å². The Morgan fingerprint density at radius 3 is 1.33 bits per heavy atom. The Kier molecular flexibility index (Phi) is 8.95. The summed E-state index contributed by atoms with van der Waals surface area (Å²) in [7, 11) is 0. The molecule has 0 saturated carbocycles. The third-order valence-electron chi connectivity index (χ3n) is 11.1. The summed E-state index contributed by atoms with van der Waals surface area (Å²) in [6.45, 7) is 0. The molecule has 10 aromatic carbocycles. The lowest BCUT2D eigenvalue weighted by Crippen LogP contribution is -2.10. The second-order valence-corrected chi connectivity index (χ2v) is 14.5. The number of rotatable bonds is 8. The minimum absolute atomic E-state index is 1.10. The Bertz CT molecular complexity index is 3010. The van der Waals surface area contributed by atoms with Crippen LogP contribution in [0.15, 0.2) is 237 Å². The monoisotopic (exact) mass is 725 g/mol. The number of hydrogen-bond acceptors (Lipinski definition) is 1. The highest BCUT2D eigenvalue weighted by Gasteiger charge is 2.18. The molecule has 0 radical (unpaired) electrons. The van der Waals surface area contributed by atoms with Gasteiger partial charge in [-0.25, -0.2) is 0 Å². The molecule has 1 nitrogen and oxygen atoms in total. The first-order valence-corrected chi connectivity index (χ1v) is 19.6. The lowest BCUT2D eigenvalue weighted by molar-refractivity contribution is 1.29. The molecule has 1 heteroatoms. The van der Waals surface area contributed by atoms with Gasteiger partial charge in [-0.15, -0.1) is 0 Å². The van der Waals surface area contributed by atoms with E-state index >= 15 is 0 Å². The molecule has 0 saturated heterocycles. The van der Waals surface area contributed by atoms with Crippen molar-refractivity contribution in [2.75, 3.05) is 4.90 Å². The molecule has 0 atom stereocenters. The zero-order valence-corrected chi connectivity index (χ0v) is 31.5. The summed E-state index contributed by atoms with van der Waals surface area (Å²) in [5, 5.41) is 4.93. The molecule has 57 heavy (non-hydrogen) atoms. The van der Waals surface area contributed by atoms with Gasteiger partial charge in [0.2, 0.25) is 0 Å². The van der Waals surface area contributed by atoms with E-state index in [4.69, 9.17) is 0 Å². The van der Waals surface area contributed by atoms with Crippen LogP contribution in [0.4, 0.5) is 17.1 Å². The van der Waals surface area contributed by atoms with Crippen LogP contribution in [0.3, 0.4) is 0 Å². The summed E-state index contributed by atoms with van der Waals surface area (Å²) < 4.78 is 0. The number of hydrogen-bond donors (Lipinski definition) is 0. The summed E-state index contributed by atoms with van der Waals surface area (Å²) in [5.74, 6) is 0. The molecule has 0 aliphatic heterocycles. The third kappa shape index (κ3) is 6.56. The van der Waals surface area contributed by atoms with Crippen LogP contribution in [0.1, 0.15) is 0 Å². The predicted molar refractivity (Wildman–Crippen MR) is 243 cm³/mol. The molecule has 0 bridgehead atoms. The Hall–Kier alpha value is -7.48. The summed E-state index contributed by atoms with van der Waals surface area (Å²) in [4.78, 5) is 2.38. The topological polar surface area (TPSA) is 3.24 Å². The lowest BCUT2D eigenvalue weighted by Gasteiger charge is -2.27. The first-order valence-electron chi connectivity index (χ1n) is 19.6. The molecule has 0 fully saturated rings. The quantitative estimate of drug-likeness (QED) is 0.151. The van der Waals surface area contributed by atoms with Crippen molar-refractivity contribution in [2.45, 2.75) is 0 Å². The molecule has 0 N–H and O–H groups in total. The van der Waals surface area contributed by atoms with Crippen molar-refractivity contribution in [1.29, 1.82) is 0 Å².